The third-order valence-electron chi connectivity index (χ3n) is 4.20. The van der Waals surface area contributed by atoms with Crippen molar-refractivity contribution in [2.75, 3.05) is 6.54 Å². The predicted octanol–water partition coefficient (Wildman–Crippen LogP) is 4.35. The van der Waals surface area contributed by atoms with Crippen LogP contribution in [0.15, 0.2) is 54.6 Å². The van der Waals surface area contributed by atoms with Gasteiger partial charge in [0.15, 0.2) is 5.78 Å². The molecule has 0 unspecified atom stereocenters. The number of carbonyl (C=O) groups is 2. The lowest BCUT2D eigenvalue weighted by Crippen LogP contribution is -2.25. The Hall–Kier alpha value is -2.42. The molecule has 2 aromatic rings. The molecule has 132 valence electrons. The van der Waals surface area contributed by atoms with Crippen LogP contribution >= 0.6 is 0 Å². The molecule has 0 atom stereocenters. The molecule has 0 fully saturated rings. The van der Waals surface area contributed by atoms with Gasteiger partial charge >= 0.3 is 0 Å². The molecule has 1 amide bonds. The Labute approximate surface area is 150 Å². The second kappa shape index (κ2) is 10.4. The van der Waals surface area contributed by atoms with E-state index in [-0.39, 0.29) is 24.5 Å². The van der Waals surface area contributed by atoms with Crippen LogP contribution in [0.4, 0.5) is 0 Å². The quantitative estimate of drug-likeness (QED) is 0.517. The molecule has 0 bridgehead atoms. The molecule has 3 nitrogen and oxygen atoms in total. The summed E-state index contributed by atoms with van der Waals surface area (Å²) in [6.45, 7) is 2.78. The number of benzene rings is 2. The monoisotopic (exact) mass is 337 g/mol. The first-order valence-corrected chi connectivity index (χ1v) is 9.12. The number of carbonyl (C=O) groups excluding carboxylic acids is 2. The Kier molecular flexibility index (Phi) is 7.90. The van der Waals surface area contributed by atoms with E-state index in [1.54, 1.807) is 0 Å². The van der Waals surface area contributed by atoms with Crippen LogP contribution in [0, 0.1) is 0 Å². The third kappa shape index (κ3) is 6.92. The summed E-state index contributed by atoms with van der Waals surface area (Å²) < 4.78 is 0. The summed E-state index contributed by atoms with van der Waals surface area (Å²) in [6, 6.07) is 18.0. The SMILES string of the molecule is CCCc1ccc(C(=O)CCC(=O)NCCCc2ccccc2)cc1. The second-order valence-electron chi connectivity index (χ2n) is 6.31. The molecule has 0 saturated heterocycles. The van der Waals surface area contributed by atoms with E-state index in [0.717, 1.165) is 25.7 Å². The number of nitrogens with one attached hydrogen (secondary N) is 1. The molecule has 0 aromatic heterocycles. The van der Waals surface area contributed by atoms with Gasteiger partial charge in [0, 0.05) is 24.9 Å². The van der Waals surface area contributed by atoms with Crippen molar-refractivity contribution in [1.29, 1.82) is 0 Å². The van der Waals surface area contributed by atoms with Gasteiger partial charge in [0.05, 0.1) is 0 Å². The predicted molar refractivity (Wildman–Crippen MR) is 102 cm³/mol. The third-order valence-corrected chi connectivity index (χ3v) is 4.20. The van der Waals surface area contributed by atoms with E-state index in [4.69, 9.17) is 0 Å². The number of hydrogen-bond acceptors (Lipinski definition) is 2. The van der Waals surface area contributed by atoms with Crippen LogP contribution in [-0.2, 0) is 17.6 Å². The van der Waals surface area contributed by atoms with Crippen LogP contribution in [0.25, 0.3) is 0 Å². The molecule has 0 aliphatic heterocycles. The van der Waals surface area contributed by atoms with Gasteiger partial charge < -0.3 is 5.32 Å². The molecule has 0 radical (unpaired) electrons. The van der Waals surface area contributed by atoms with Crippen LogP contribution in [0.3, 0.4) is 0 Å². The number of aryl methyl sites for hydroxylation is 2. The van der Waals surface area contributed by atoms with Gasteiger partial charge in [-0.25, -0.2) is 0 Å². The summed E-state index contributed by atoms with van der Waals surface area (Å²) in [4.78, 5) is 24.0. The summed E-state index contributed by atoms with van der Waals surface area (Å²) in [5, 5.41) is 2.89. The highest BCUT2D eigenvalue weighted by Crippen LogP contribution is 2.10. The average Bonchev–Trinajstić information content (AvgIpc) is 2.65. The largest absolute Gasteiger partial charge is 0.356 e. The van der Waals surface area contributed by atoms with Crippen molar-refractivity contribution in [1.82, 2.24) is 5.32 Å². The summed E-state index contributed by atoms with van der Waals surface area (Å²) in [5.41, 5.74) is 3.21. The normalized spacial score (nSPS) is 10.4. The van der Waals surface area contributed by atoms with Crippen molar-refractivity contribution in [2.45, 2.75) is 45.4 Å². The fraction of sp³-hybridized carbons (Fsp3) is 0.364. The van der Waals surface area contributed by atoms with Crippen molar-refractivity contribution in [3.8, 4) is 0 Å². The van der Waals surface area contributed by atoms with Crippen LogP contribution in [-0.4, -0.2) is 18.2 Å². The Bertz CT molecular complexity index is 662. The standard InChI is InChI=1S/C22H27NO2/c1-2-7-18-11-13-20(14-12-18)21(24)15-16-22(25)23-17-6-10-19-8-4-3-5-9-19/h3-5,8-9,11-14H,2,6-7,10,15-17H2,1H3,(H,23,25). The van der Waals surface area contributed by atoms with E-state index >= 15 is 0 Å². The van der Waals surface area contributed by atoms with Crippen LogP contribution in [0.5, 0.6) is 0 Å². The Balaban J connectivity index is 1.64. The van der Waals surface area contributed by atoms with E-state index in [9.17, 15) is 9.59 Å². The van der Waals surface area contributed by atoms with E-state index in [1.165, 1.54) is 11.1 Å². The van der Waals surface area contributed by atoms with E-state index in [0.29, 0.717) is 12.1 Å². The molecule has 0 aliphatic carbocycles. The fourth-order valence-electron chi connectivity index (χ4n) is 2.77. The molecule has 0 saturated carbocycles. The van der Waals surface area contributed by atoms with Gasteiger partial charge in [0.2, 0.25) is 5.91 Å². The van der Waals surface area contributed by atoms with E-state index in [1.807, 2.05) is 42.5 Å². The molecule has 25 heavy (non-hydrogen) atoms. The molecule has 3 heteroatoms. The Morgan fingerprint density at radius 3 is 2.20 bits per heavy atom. The maximum absolute atomic E-state index is 12.2. The van der Waals surface area contributed by atoms with Crippen LogP contribution < -0.4 is 5.32 Å². The number of Topliss-reactive ketones (excluding diaryl/α,β-unsaturated/α-hetero) is 1. The lowest BCUT2D eigenvalue weighted by atomic mass is 10.0. The number of hydrogen-bond donors (Lipinski definition) is 1. The summed E-state index contributed by atoms with van der Waals surface area (Å²) in [6.07, 6.45) is 4.49. The van der Waals surface area contributed by atoms with Gasteiger partial charge in [0.1, 0.15) is 0 Å². The molecule has 1 N–H and O–H groups in total. The topological polar surface area (TPSA) is 46.2 Å². The molecule has 0 aliphatic rings. The maximum Gasteiger partial charge on any atom is 0.220 e. The zero-order valence-corrected chi connectivity index (χ0v) is 15.0. The number of ketones is 1. The van der Waals surface area contributed by atoms with Crippen LogP contribution in [0.2, 0.25) is 0 Å². The van der Waals surface area contributed by atoms with Crippen molar-refractivity contribution in [3.63, 3.8) is 0 Å². The lowest BCUT2D eigenvalue weighted by Gasteiger charge is -2.06. The zero-order valence-electron chi connectivity index (χ0n) is 15.0. The van der Waals surface area contributed by atoms with Crippen molar-refractivity contribution in [2.24, 2.45) is 0 Å². The summed E-state index contributed by atoms with van der Waals surface area (Å²) in [5.74, 6) is -0.0218. The highest BCUT2D eigenvalue weighted by Gasteiger charge is 2.09. The van der Waals surface area contributed by atoms with Gasteiger partial charge in [0.25, 0.3) is 0 Å². The Morgan fingerprint density at radius 2 is 1.52 bits per heavy atom. The smallest absolute Gasteiger partial charge is 0.220 e. The fourth-order valence-corrected chi connectivity index (χ4v) is 2.77. The van der Waals surface area contributed by atoms with Gasteiger partial charge in [-0.15, -0.1) is 0 Å². The molecule has 2 rings (SSSR count). The second-order valence-corrected chi connectivity index (χ2v) is 6.31. The molecule has 0 spiro atoms. The van der Waals surface area contributed by atoms with E-state index < -0.39 is 0 Å². The molecular formula is C22H27NO2. The zero-order chi connectivity index (χ0) is 17.9. The maximum atomic E-state index is 12.2. The van der Waals surface area contributed by atoms with Gasteiger partial charge in [-0.2, -0.15) is 0 Å². The molecule has 0 heterocycles. The van der Waals surface area contributed by atoms with E-state index in [2.05, 4.69) is 24.4 Å². The lowest BCUT2D eigenvalue weighted by molar-refractivity contribution is -0.121. The minimum absolute atomic E-state index is 0.0301. The minimum atomic E-state index is -0.0518. The van der Waals surface area contributed by atoms with Crippen molar-refractivity contribution < 1.29 is 9.59 Å². The summed E-state index contributed by atoms with van der Waals surface area (Å²) >= 11 is 0. The van der Waals surface area contributed by atoms with Gasteiger partial charge in [-0.1, -0.05) is 67.9 Å². The van der Waals surface area contributed by atoms with Crippen LogP contribution in [0.1, 0.15) is 54.1 Å². The summed E-state index contributed by atoms with van der Waals surface area (Å²) in [7, 11) is 0. The molecular weight excluding hydrogens is 310 g/mol. The van der Waals surface area contributed by atoms with Crippen molar-refractivity contribution in [3.05, 3.63) is 71.3 Å². The molecule has 2 aromatic carbocycles. The van der Waals surface area contributed by atoms with Crippen molar-refractivity contribution >= 4 is 11.7 Å². The minimum Gasteiger partial charge on any atom is -0.356 e. The average molecular weight is 337 g/mol. The first kappa shape index (κ1) is 18.9. The van der Waals surface area contributed by atoms with Gasteiger partial charge in [-0.3, -0.25) is 9.59 Å². The highest BCUT2D eigenvalue weighted by molar-refractivity contribution is 5.97. The first-order valence-electron chi connectivity index (χ1n) is 9.12. The highest BCUT2D eigenvalue weighted by atomic mass is 16.2. The first-order chi connectivity index (χ1) is 12.2. The Morgan fingerprint density at radius 1 is 0.840 bits per heavy atom. The number of rotatable bonds is 10. The number of amides is 1. The van der Waals surface area contributed by atoms with Gasteiger partial charge in [-0.05, 0) is 30.4 Å².